The van der Waals surface area contributed by atoms with Gasteiger partial charge in [-0.1, -0.05) is 27.2 Å². The molecule has 0 fully saturated rings. The second-order valence-electron chi connectivity index (χ2n) is 2.96. The van der Waals surface area contributed by atoms with E-state index in [0.29, 0.717) is 5.92 Å². The van der Waals surface area contributed by atoms with Gasteiger partial charge >= 0.3 is 0 Å². The van der Waals surface area contributed by atoms with Crippen LogP contribution in [0.25, 0.3) is 0 Å². The largest absolute Gasteiger partial charge is 0.393 e. The van der Waals surface area contributed by atoms with Crippen LogP contribution in [0.3, 0.4) is 0 Å². The Balaban J connectivity index is 0. The second-order valence-corrected chi connectivity index (χ2v) is 2.96. The second kappa shape index (κ2) is 9.52. The highest BCUT2D eigenvalue weighted by molar-refractivity contribution is 4.86. The van der Waals surface area contributed by atoms with Gasteiger partial charge in [0.2, 0.25) is 0 Å². The summed E-state index contributed by atoms with van der Waals surface area (Å²) in [6, 6.07) is 0. The molecule has 0 aromatic carbocycles. The zero-order valence-electron chi connectivity index (χ0n) is 8.09. The predicted molar refractivity (Wildman–Crippen MR) is 50.3 cm³/mol. The van der Waals surface area contributed by atoms with Gasteiger partial charge < -0.3 is 5.11 Å². The van der Waals surface area contributed by atoms with Gasteiger partial charge in [0.15, 0.2) is 0 Å². The molecule has 1 nitrogen and oxygen atoms in total. The molecule has 0 aromatic heterocycles. The molecule has 1 atom stereocenters. The average Bonchev–Trinajstić information content (AvgIpc) is 1.89. The number of aliphatic hydroxyl groups excluding tert-OH is 1. The highest BCUT2D eigenvalue weighted by Gasteiger charge is 1.87. The lowest BCUT2D eigenvalue weighted by molar-refractivity contribution is 0.183. The smallest absolute Gasteiger partial charge is 0.0512 e. The van der Waals surface area contributed by atoms with Crippen molar-refractivity contribution < 1.29 is 5.11 Å². The van der Waals surface area contributed by atoms with Crippen LogP contribution < -0.4 is 0 Å². The van der Waals surface area contributed by atoms with Crippen molar-refractivity contribution in [2.45, 2.75) is 46.6 Å². The first-order valence-corrected chi connectivity index (χ1v) is 4.18. The van der Waals surface area contributed by atoms with E-state index in [1.165, 1.54) is 0 Å². The maximum absolute atomic E-state index is 8.55. The highest BCUT2D eigenvalue weighted by atomic mass is 16.3. The minimum absolute atomic E-state index is 0.102. The Morgan fingerprint density at radius 1 is 1.36 bits per heavy atom. The summed E-state index contributed by atoms with van der Waals surface area (Å²) in [7, 11) is 0. The van der Waals surface area contributed by atoms with Crippen molar-refractivity contribution in [2.24, 2.45) is 5.92 Å². The van der Waals surface area contributed by atoms with Crippen LogP contribution in [0, 0.1) is 18.3 Å². The molecule has 1 heteroatoms. The molecule has 0 amide bonds. The molecule has 0 spiro atoms. The van der Waals surface area contributed by atoms with Gasteiger partial charge in [-0.3, -0.25) is 0 Å². The molecule has 0 aliphatic carbocycles. The summed E-state index contributed by atoms with van der Waals surface area (Å²) < 4.78 is 0. The first-order chi connectivity index (χ1) is 5.04. The van der Waals surface area contributed by atoms with Crippen molar-refractivity contribution in [2.75, 3.05) is 0 Å². The molecule has 0 saturated heterocycles. The molecule has 0 bridgehead atoms. The zero-order chi connectivity index (χ0) is 9.28. The fourth-order valence-corrected chi connectivity index (χ4v) is 0.418. The van der Waals surface area contributed by atoms with Crippen LogP contribution in [-0.2, 0) is 0 Å². The van der Waals surface area contributed by atoms with E-state index in [2.05, 4.69) is 12.8 Å². The van der Waals surface area contributed by atoms with Gasteiger partial charge in [0.25, 0.3) is 0 Å². The van der Waals surface area contributed by atoms with Crippen molar-refractivity contribution in [1.29, 1.82) is 0 Å². The summed E-state index contributed by atoms with van der Waals surface area (Å²) in [6.07, 6.45) is 6.83. The Morgan fingerprint density at radius 3 is 1.73 bits per heavy atom. The summed E-state index contributed by atoms with van der Waals surface area (Å²) in [5, 5.41) is 8.55. The van der Waals surface area contributed by atoms with E-state index >= 15 is 0 Å². The molecule has 0 rings (SSSR count). The lowest BCUT2D eigenvalue weighted by Crippen LogP contribution is -1.95. The molecule has 0 unspecified atom stereocenters. The van der Waals surface area contributed by atoms with Gasteiger partial charge in [0, 0.05) is 5.92 Å². The standard InChI is InChI=1S/C5H12O.C5H8/c1-3-4-5(2)6;1-4-5(2)3/h5-6H,3-4H2,1-2H3;1,5H,2-3H3/t5-;/m1./s1. The SMILES string of the molecule is C#CC(C)C.CCC[C@@H](C)O. The first kappa shape index (κ1) is 13.1. The van der Waals surface area contributed by atoms with E-state index in [1.807, 2.05) is 20.8 Å². The van der Waals surface area contributed by atoms with Crippen molar-refractivity contribution in [1.82, 2.24) is 0 Å². The highest BCUT2D eigenvalue weighted by Crippen LogP contribution is 1.91. The third-order valence-corrected chi connectivity index (χ3v) is 1.04. The van der Waals surface area contributed by atoms with Crippen LogP contribution in [0.2, 0.25) is 0 Å². The Labute approximate surface area is 70.8 Å². The van der Waals surface area contributed by atoms with Gasteiger partial charge in [0.1, 0.15) is 0 Å². The van der Waals surface area contributed by atoms with Gasteiger partial charge in [-0.25, -0.2) is 0 Å². The predicted octanol–water partition coefficient (Wildman–Crippen LogP) is 2.44. The Bertz CT molecular complexity index is 97.9. The molecule has 0 radical (unpaired) electrons. The minimum Gasteiger partial charge on any atom is -0.393 e. The third kappa shape index (κ3) is 26.4. The molecule has 66 valence electrons. The molecule has 0 heterocycles. The molecule has 0 aliphatic heterocycles. The maximum atomic E-state index is 8.55. The lowest BCUT2D eigenvalue weighted by Gasteiger charge is -1.95. The van der Waals surface area contributed by atoms with Crippen LogP contribution >= 0.6 is 0 Å². The van der Waals surface area contributed by atoms with E-state index in [0.717, 1.165) is 12.8 Å². The van der Waals surface area contributed by atoms with Crippen LogP contribution in [0.4, 0.5) is 0 Å². The van der Waals surface area contributed by atoms with E-state index in [-0.39, 0.29) is 6.10 Å². The van der Waals surface area contributed by atoms with Gasteiger partial charge in [-0.15, -0.1) is 12.3 Å². The summed E-state index contributed by atoms with van der Waals surface area (Å²) in [6.45, 7) is 7.84. The topological polar surface area (TPSA) is 20.2 Å². The molecule has 0 aliphatic rings. The van der Waals surface area contributed by atoms with Crippen LogP contribution in [0.1, 0.15) is 40.5 Å². The zero-order valence-corrected chi connectivity index (χ0v) is 8.09. The minimum atomic E-state index is -0.102. The average molecular weight is 156 g/mol. The van der Waals surface area contributed by atoms with Crippen LogP contribution in [0.5, 0.6) is 0 Å². The van der Waals surface area contributed by atoms with Crippen LogP contribution in [-0.4, -0.2) is 11.2 Å². The number of hydrogen-bond donors (Lipinski definition) is 1. The summed E-state index contributed by atoms with van der Waals surface area (Å²) in [4.78, 5) is 0. The molecular weight excluding hydrogens is 136 g/mol. The van der Waals surface area contributed by atoms with Gasteiger partial charge in [0.05, 0.1) is 6.10 Å². The Kier molecular flexibility index (Phi) is 11.4. The molecular formula is C10H20O. The van der Waals surface area contributed by atoms with Crippen molar-refractivity contribution in [3.05, 3.63) is 0 Å². The van der Waals surface area contributed by atoms with E-state index < -0.39 is 0 Å². The Morgan fingerprint density at radius 2 is 1.73 bits per heavy atom. The monoisotopic (exact) mass is 156 g/mol. The fraction of sp³-hybridized carbons (Fsp3) is 0.800. The number of terminal acetylenes is 1. The maximum Gasteiger partial charge on any atom is 0.0512 e. The summed E-state index contributed by atoms with van der Waals surface area (Å²) in [5.41, 5.74) is 0. The van der Waals surface area contributed by atoms with Crippen LogP contribution in [0.15, 0.2) is 0 Å². The fourth-order valence-electron chi connectivity index (χ4n) is 0.418. The summed E-state index contributed by atoms with van der Waals surface area (Å²) >= 11 is 0. The lowest BCUT2D eigenvalue weighted by atomic mass is 10.2. The van der Waals surface area contributed by atoms with Gasteiger partial charge in [-0.05, 0) is 13.3 Å². The number of aliphatic hydroxyl groups is 1. The summed E-state index contributed by atoms with van der Waals surface area (Å²) in [5.74, 6) is 2.94. The first-order valence-electron chi connectivity index (χ1n) is 4.18. The quantitative estimate of drug-likeness (QED) is 0.609. The molecule has 0 saturated carbocycles. The van der Waals surface area contributed by atoms with Gasteiger partial charge in [-0.2, -0.15) is 0 Å². The van der Waals surface area contributed by atoms with E-state index in [4.69, 9.17) is 11.5 Å². The molecule has 1 N–H and O–H groups in total. The van der Waals surface area contributed by atoms with E-state index in [9.17, 15) is 0 Å². The number of rotatable bonds is 2. The molecule has 0 aromatic rings. The van der Waals surface area contributed by atoms with Crippen molar-refractivity contribution in [3.63, 3.8) is 0 Å². The Hall–Kier alpha value is -0.480. The van der Waals surface area contributed by atoms with Crippen molar-refractivity contribution >= 4 is 0 Å². The van der Waals surface area contributed by atoms with Crippen molar-refractivity contribution in [3.8, 4) is 12.3 Å². The third-order valence-electron chi connectivity index (χ3n) is 1.04. The normalized spacial score (nSPS) is 11.4. The molecule has 11 heavy (non-hydrogen) atoms. The number of hydrogen-bond acceptors (Lipinski definition) is 1. The van der Waals surface area contributed by atoms with E-state index in [1.54, 1.807) is 0 Å².